The molecule has 0 bridgehead atoms. The largest absolute Gasteiger partial charge is 0.466 e. The molecule has 11 nitrogen and oxygen atoms in total. The first-order valence-corrected chi connectivity index (χ1v) is 17.3. The van der Waals surface area contributed by atoms with Gasteiger partial charge in [-0.1, -0.05) is 67.6 Å². The Balaban J connectivity index is 1.18. The van der Waals surface area contributed by atoms with Gasteiger partial charge in [0.05, 0.1) is 41.7 Å². The van der Waals surface area contributed by atoms with E-state index in [-0.39, 0.29) is 31.8 Å². The summed E-state index contributed by atoms with van der Waals surface area (Å²) in [5.74, 6) is 1.33. The minimum Gasteiger partial charge on any atom is -0.466 e. The van der Waals surface area contributed by atoms with Gasteiger partial charge in [0, 0.05) is 37.6 Å². The molecule has 2 heterocycles. The average Bonchev–Trinajstić information content (AvgIpc) is 3.66. The van der Waals surface area contributed by atoms with Gasteiger partial charge in [-0.2, -0.15) is 0 Å². The normalized spacial score (nSPS) is 11.3. The smallest absolute Gasteiger partial charge is 0.306 e. The third-order valence-corrected chi connectivity index (χ3v) is 9.03. The van der Waals surface area contributed by atoms with Crippen molar-refractivity contribution >= 4 is 33.8 Å². The van der Waals surface area contributed by atoms with Gasteiger partial charge in [0.15, 0.2) is 5.78 Å². The molecular formula is C40H41N5O6. The maximum Gasteiger partial charge on any atom is 0.306 e. The third kappa shape index (κ3) is 7.98. The van der Waals surface area contributed by atoms with Crippen molar-refractivity contribution in [2.24, 2.45) is 7.05 Å². The summed E-state index contributed by atoms with van der Waals surface area (Å²) in [4.78, 5) is 50.0. The highest BCUT2D eigenvalue weighted by atomic mass is 16.9. The van der Waals surface area contributed by atoms with Crippen LogP contribution in [-0.4, -0.2) is 49.2 Å². The lowest BCUT2D eigenvalue weighted by molar-refractivity contribution is -0.757. The molecule has 0 amide bonds. The lowest BCUT2D eigenvalue weighted by Crippen LogP contribution is -2.10. The maximum absolute atomic E-state index is 13.2. The van der Waals surface area contributed by atoms with E-state index in [0.717, 1.165) is 74.4 Å². The summed E-state index contributed by atoms with van der Waals surface area (Å²) >= 11 is 0. The molecule has 0 atom stereocenters. The fourth-order valence-electron chi connectivity index (χ4n) is 6.47. The average molecular weight is 688 g/mol. The predicted molar refractivity (Wildman–Crippen MR) is 196 cm³/mol. The van der Waals surface area contributed by atoms with Crippen LogP contribution in [0.15, 0.2) is 84.9 Å². The number of nitrogens with zero attached hydrogens (tertiary/aromatic N) is 5. The van der Waals surface area contributed by atoms with Gasteiger partial charge in [0.1, 0.15) is 11.6 Å². The molecule has 6 rings (SSSR count). The van der Waals surface area contributed by atoms with Crippen molar-refractivity contribution in [3.8, 4) is 22.5 Å². The van der Waals surface area contributed by atoms with Crippen molar-refractivity contribution in [3.63, 3.8) is 0 Å². The van der Waals surface area contributed by atoms with E-state index in [1.807, 2.05) is 48.5 Å². The highest BCUT2D eigenvalue weighted by Crippen LogP contribution is 2.31. The number of para-hydroxylation sites is 2. The molecule has 0 saturated carbocycles. The fourth-order valence-corrected chi connectivity index (χ4v) is 6.47. The van der Waals surface area contributed by atoms with E-state index in [1.54, 1.807) is 6.07 Å². The molecule has 0 unspecified atom stereocenters. The number of aromatic nitrogens is 4. The molecule has 51 heavy (non-hydrogen) atoms. The zero-order valence-corrected chi connectivity index (χ0v) is 29.1. The second-order valence-electron chi connectivity index (χ2n) is 12.7. The van der Waals surface area contributed by atoms with Crippen LogP contribution < -0.4 is 0 Å². The molecule has 0 aliphatic carbocycles. The van der Waals surface area contributed by atoms with Gasteiger partial charge in [-0.05, 0) is 72.7 Å². The van der Waals surface area contributed by atoms with Crippen LogP contribution in [0.5, 0.6) is 0 Å². The van der Waals surface area contributed by atoms with E-state index < -0.39 is 11.1 Å². The Bertz CT molecular complexity index is 2200. The molecule has 0 radical (unpaired) electrons. The third-order valence-electron chi connectivity index (χ3n) is 9.03. The summed E-state index contributed by atoms with van der Waals surface area (Å²) < 4.78 is 9.63. The zero-order valence-electron chi connectivity index (χ0n) is 29.1. The number of fused-ring (bicyclic) bond motifs is 2. The minimum atomic E-state index is -0.850. The molecule has 0 aliphatic rings. The Morgan fingerprint density at radius 3 is 2.37 bits per heavy atom. The van der Waals surface area contributed by atoms with E-state index in [2.05, 4.69) is 65.2 Å². The quantitative estimate of drug-likeness (QED) is 0.0328. The number of unbranched alkanes of at least 4 members (excludes halogenated alkanes) is 1. The van der Waals surface area contributed by atoms with E-state index >= 15 is 0 Å². The zero-order chi connectivity index (χ0) is 35.9. The van der Waals surface area contributed by atoms with Crippen molar-refractivity contribution in [3.05, 3.63) is 118 Å². The summed E-state index contributed by atoms with van der Waals surface area (Å²) in [5, 5.41) is 9.36. The molecule has 6 aromatic rings. The standard InChI is InChI=1S/C40H41N5O6/c1-4-11-37-42-39-27(2)24-30(40-41-33-14-7-8-15-34(33)43(40)3)25-35(39)44(37)26-28-16-18-29(19-17-28)31-12-5-6-13-32(31)36(46)20-21-38(47)50-22-9-10-23-51-45(48)49/h5-8,12-19,24-25H,4,9-11,20-23,26H2,1-3H3. The highest BCUT2D eigenvalue weighted by Gasteiger charge is 2.18. The Morgan fingerprint density at radius 2 is 1.61 bits per heavy atom. The predicted octanol–water partition coefficient (Wildman–Crippen LogP) is 8.06. The van der Waals surface area contributed by atoms with Gasteiger partial charge < -0.3 is 18.7 Å². The molecular weight excluding hydrogens is 646 g/mol. The van der Waals surface area contributed by atoms with Gasteiger partial charge in [-0.15, -0.1) is 10.1 Å². The topological polar surface area (TPSA) is 131 Å². The molecule has 11 heteroatoms. The van der Waals surface area contributed by atoms with E-state index in [1.165, 1.54) is 0 Å². The van der Waals surface area contributed by atoms with Crippen molar-refractivity contribution in [1.29, 1.82) is 0 Å². The molecule has 0 spiro atoms. The van der Waals surface area contributed by atoms with Gasteiger partial charge >= 0.3 is 5.97 Å². The number of aryl methyl sites for hydroxylation is 3. The molecule has 0 N–H and O–H groups in total. The molecule has 2 aromatic heterocycles. The molecule has 4 aromatic carbocycles. The summed E-state index contributed by atoms with van der Waals surface area (Å²) in [7, 11) is 2.05. The van der Waals surface area contributed by atoms with Crippen molar-refractivity contribution in [2.45, 2.75) is 58.9 Å². The Hall–Kier alpha value is -5.84. The number of Topliss-reactive ketones (excluding diaryl/α,β-unsaturated/α-hetero) is 1. The molecule has 0 fully saturated rings. The number of hydrogen-bond acceptors (Lipinski definition) is 8. The number of ketones is 1. The number of esters is 1. The second kappa shape index (κ2) is 15.8. The summed E-state index contributed by atoms with van der Waals surface area (Å²) in [5.41, 5.74) is 9.64. The van der Waals surface area contributed by atoms with Gasteiger partial charge in [-0.3, -0.25) is 9.59 Å². The number of rotatable bonds is 16. The van der Waals surface area contributed by atoms with Crippen LogP contribution in [0.2, 0.25) is 0 Å². The van der Waals surface area contributed by atoms with Gasteiger partial charge in [-0.25, -0.2) is 9.97 Å². The van der Waals surface area contributed by atoms with Crippen molar-refractivity contribution < 1.29 is 24.3 Å². The Morgan fingerprint density at radius 1 is 0.863 bits per heavy atom. The van der Waals surface area contributed by atoms with Crippen molar-refractivity contribution in [1.82, 2.24) is 19.1 Å². The summed E-state index contributed by atoms with van der Waals surface area (Å²) in [6, 6.07) is 28.2. The molecule has 0 saturated heterocycles. The van der Waals surface area contributed by atoms with Crippen LogP contribution in [0.1, 0.15) is 66.3 Å². The van der Waals surface area contributed by atoms with E-state index in [9.17, 15) is 19.7 Å². The SMILES string of the molecule is CCCc1nc2c(C)cc(-c3nc4ccccc4n3C)cc2n1Cc1ccc(-c2ccccc2C(=O)CCC(=O)OCCCCO[N+](=O)[O-])cc1. The van der Waals surface area contributed by atoms with Crippen LogP contribution in [-0.2, 0) is 34.4 Å². The monoisotopic (exact) mass is 687 g/mol. The van der Waals surface area contributed by atoms with Crippen LogP contribution in [0, 0.1) is 17.0 Å². The van der Waals surface area contributed by atoms with Crippen LogP contribution in [0.3, 0.4) is 0 Å². The molecule has 262 valence electrons. The lowest BCUT2D eigenvalue weighted by Gasteiger charge is -2.13. The number of ether oxygens (including phenoxy) is 1. The van der Waals surface area contributed by atoms with E-state index in [0.29, 0.717) is 24.9 Å². The first-order valence-electron chi connectivity index (χ1n) is 17.3. The summed E-state index contributed by atoms with van der Waals surface area (Å²) in [6.45, 7) is 4.99. The number of carbonyl (C=O) groups is 2. The number of benzene rings is 4. The first kappa shape index (κ1) is 35.0. The second-order valence-corrected chi connectivity index (χ2v) is 12.7. The number of imidazole rings is 2. The highest BCUT2D eigenvalue weighted by molar-refractivity contribution is 6.03. The van der Waals surface area contributed by atoms with Crippen LogP contribution in [0.4, 0.5) is 0 Å². The maximum atomic E-state index is 13.2. The summed E-state index contributed by atoms with van der Waals surface area (Å²) in [6.07, 6.45) is 2.63. The minimum absolute atomic E-state index is 0.0159. The van der Waals surface area contributed by atoms with Gasteiger partial charge in [0.25, 0.3) is 5.09 Å². The Labute approximate surface area is 296 Å². The fraction of sp³-hybridized carbons (Fsp3) is 0.300. The number of carbonyl (C=O) groups excluding carboxylic acids is 2. The first-order chi connectivity index (χ1) is 24.7. The number of hydrogen-bond donors (Lipinski definition) is 0. The van der Waals surface area contributed by atoms with Crippen LogP contribution >= 0.6 is 0 Å². The van der Waals surface area contributed by atoms with Gasteiger partial charge in [0.2, 0.25) is 0 Å². The van der Waals surface area contributed by atoms with E-state index in [4.69, 9.17) is 14.7 Å². The van der Waals surface area contributed by atoms with Crippen LogP contribution in [0.25, 0.3) is 44.6 Å². The van der Waals surface area contributed by atoms with Crippen molar-refractivity contribution in [2.75, 3.05) is 13.2 Å². The Kier molecular flexibility index (Phi) is 10.8. The lowest BCUT2D eigenvalue weighted by atomic mass is 9.94. The molecule has 0 aliphatic heterocycles.